The van der Waals surface area contributed by atoms with Crippen LogP contribution in [0.25, 0.3) is 10.9 Å². The number of anilines is 1. The number of aryl methyl sites for hydroxylation is 1. The molecule has 2 fully saturated rings. The molecule has 44 heavy (non-hydrogen) atoms. The first-order chi connectivity index (χ1) is 20.6. The first-order valence-electron chi connectivity index (χ1n) is 14.4. The quantitative estimate of drug-likeness (QED) is 0.423. The number of benzene rings is 2. The normalized spacial score (nSPS) is 16.5. The van der Waals surface area contributed by atoms with Crippen LogP contribution < -0.4 is 10.7 Å². The Morgan fingerprint density at radius 3 is 2.25 bits per heavy atom. The third kappa shape index (κ3) is 6.44. The lowest BCUT2D eigenvalue weighted by molar-refractivity contribution is -0.147. The fourth-order valence-electron chi connectivity index (χ4n) is 5.75. The van der Waals surface area contributed by atoms with E-state index in [-0.39, 0.29) is 40.4 Å². The fourth-order valence-corrected chi connectivity index (χ4v) is 5.75. The molecule has 2 aromatic carbocycles. The third-order valence-electron chi connectivity index (χ3n) is 8.23. The van der Waals surface area contributed by atoms with Gasteiger partial charge in [-0.15, -0.1) is 0 Å². The Bertz CT molecular complexity index is 1680. The highest BCUT2D eigenvalue weighted by Crippen LogP contribution is 2.41. The molecular formula is C32H35F3N4O5. The molecule has 2 aliphatic heterocycles. The van der Waals surface area contributed by atoms with Crippen molar-refractivity contribution in [2.24, 2.45) is 5.41 Å². The number of aromatic nitrogens is 1. The lowest BCUT2D eigenvalue weighted by Crippen LogP contribution is -2.62. The van der Waals surface area contributed by atoms with Crippen LogP contribution in [0.2, 0.25) is 0 Å². The summed E-state index contributed by atoms with van der Waals surface area (Å²) in [6, 6.07) is 9.64. The van der Waals surface area contributed by atoms with Crippen molar-refractivity contribution in [2.75, 3.05) is 31.5 Å². The number of hydrogen-bond acceptors (Lipinski definition) is 5. The Kier molecular flexibility index (Phi) is 7.98. The minimum absolute atomic E-state index is 0.0912. The fraction of sp³-hybridized carbons (Fsp3) is 0.438. The van der Waals surface area contributed by atoms with Crippen molar-refractivity contribution in [3.63, 3.8) is 0 Å². The van der Waals surface area contributed by atoms with Gasteiger partial charge in [-0.3, -0.25) is 14.4 Å². The standard InChI is InChI=1S/C32H35F3N4O5/c1-20-7-5-6-8-24(20)36-28(42)23-16-38(25-15-21(32(33,34)35)9-10-22(25)27(23)41)17-26(40)39-18-31(19-39)11-13-37(14-12-31)29(43)44-30(2,3)4/h5-10,15-16H,11-14,17-19H2,1-4H3,(H,36,42). The van der Waals surface area contributed by atoms with Gasteiger partial charge in [0.15, 0.2) is 0 Å². The summed E-state index contributed by atoms with van der Waals surface area (Å²) in [5, 5.41) is 2.59. The number of fused-ring (bicyclic) bond motifs is 1. The number of piperidine rings is 1. The second-order valence-corrected chi connectivity index (χ2v) is 12.7. The maximum Gasteiger partial charge on any atom is 0.416 e. The molecule has 0 atom stereocenters. The number of para-hydroxylation sites is 1. The average Bonchev–Trinajstić information content (AvgIpc) is 2.92. The summed E-state index contributed by atoms with van der Waals surface area (Å²) >= 11 is 0. The molecule has 1 spiro atoms. The second-order valence-electron chi connectivity index (χ2n) is 12.7. The molecule has 234 valence electrons. The van der Waals surface area contributed by atoms with E-state index in [2.05, 4.69) is 5.32 Å². The number of halogens is 3. The van der Waals surface area contributed by atoms with Crippen molar-refractivity contribution in [3.05, 3.63) is 75.6 Å². The minimum atomic E-state index is -4.67. The smallest absolute Gasteiger partial charge is 0.416 e. The van der Waals surface area contributed by atoms with Gasteiger partial charge in [0, 0.05) is 48.9 Å². The van der Waals surface area contributed by atoms with Gasteiger partial charge >= 0.3 is 12.3 Å². The summed E-state index contributed by atoms with van der Waals surface area (Å²) in [6.07, 6.45) is -2.50. The molecule has 9 nitrogen and oxygen atoms in total. The van der Waals surface area contributed by atoms with Crippen molar-refractivity contribution in [1.82, 2.24) is 14.4 Å². The molecule has 0 aliphatic carbocycles. The van der Waals surface area contributed by atoms with Gasteiger partial charge in [-0.25, -0.2) is 4.79 Å². The Labute approximate surface area is 252 Å². The van der Waals surface area contributed by atoms with Crippen LogP contribution in [0.15, 0.2) is 53.5 Å². The van der Waals surface area contributed by atoms with Crippen molar-refractivity contribution < 1.29 is 32.3 Å². The molecule has 2 aliphatic rings. The molecule has 0 saturated carbocycles. The maximum absolute atomic E-state index is 13.6. The Hall–Kier alpha value is -4.35. The Balaban J connectivity index is 1.36. The van der Waals surface area contributed by atoms with E-state index in [0.29, 0.717) is 44.7 Å². The van der Waals surface area contributed by atoms with Crippen LogP contribution in [0.5, 0.6) is 0 Å². The molecule has 3 heterocycles. The summed E-state index contributed by atoms with van der Waals surface area (Å²) in [7, 11) is 0. The predicted molar refractivity (Wildman–Crippen MR) is 158 cm³/mol. The van der Waals surface area contributed by atoms with E-state index in [1.54, 1.807) is 61.8 Å². The highest BCUT2D eigenvalue weighted by Gasteiger charge is 2.47. The van der Waals surface area contributed by atoms with E-state index < -0.39 is 28.7 Å². The molecule has 12 heteroatoms. The summed E-state index contributed by atoms with van der Waals surface area (Å²) in [5.41, 5.74) is -1.59. The zero-order chi connectivity index (χ0) is 32.0. The van der Waals surface area contributed by atoms with Crippen LogP contribution in [-0.2, 0) is 22.3 Å². The van der Waals surface area contributed by atoms with E-state index in [9.17, 15) is 32.3 Å². The van der Waals surface area contributed by atoms with Crippen LogP contribution in [-0.4, -0.2) is 64.1 Å². The van der Waals surface area contributed by atoms with Gasteiger partial charge in [-0.1, -0.05) is 18.2 Å². The number of nitrogens with one attached hydrogen (secondary N) is 1. The predicted octanol–water partition coefficient (Wildman–Crippen LogP) is 5.44. The molecule has 3 aromatic rings. The van der Waals surface area contributed by atoms with Crippen LogP contribution in [0.3, 0.4) is 0 Å². The van der Waals surface area contributed by atoms with Gasteiger partial charge in [0.1, 0.15) is 17.7 Å². The number of nitrogens with zero attached hydrogens (tertiary/aromatic N) is 3. The van der Waals surface area contributed by atoms with Crippen molar-refractivity contribution in [2.45, 2.75) is 58.9 Å². The van der Waals surface area contributed by atoms with Crippen molar-refractivity contribution >= 4 is 34.5 Å². The number of ether oxygens (including phenoxy) is 1. The number of rotatable bonds is 4. The highest BCUT2D eigenvalue weighted by molar-refractivity contribution is 6.06. The second kappa shape index (κ2) is 11.3. The van der Waals surface area contributed by atoms with Crippen molar-refractivity contribution in [1.29, 1.82) is 0 Å². The van der Waals surface area contributed by atoms with E-state index in [4.69, 9.17) is 4.74 Å². The molecule has 0 bridgehead atoms. The first-order valence-corrected chi connectivity index (χ1v) is 14.4. The Morgan fingerprint density at radius 1 is 0.977 bits per heavy atom. The van der Waals surface area contributed by atoms with E-state index in [0.717, 1.165) is 30.0 Å². The van der Waals surface area contributed by atoms with E-state index >= 15 is 0 Å². The zero-order valence-electron chi connectivity index (χ0n) is 25.1. The highest BCUT2D eigenvalue weighted by atomic mass is 19.4. The molecule has 0 radical (unpaired) electrons. The SMILES string of the molecule is Cc1ccccc1NC(=O)c1cn(CC(=O)N2CC3(CCN(C(=O)OC(C)(C)C)CC3)C2)c2cc(C(F)(F)F)ccc2c1=O. The number of pyridine rings is 1. The summed E-state index contributed by atoms with van der Waals surface area (Å²) in [5.74, 6) is -1.08. The largest absolute Gasteiger partial charge is 0.444 e. The number of carbonyl (C=O) groups is 3. The molecule has 1 aromatic heterocycles. The maximum atomic E-state index is 13.6. The lowest BCUT2D eigenvalue weighted by atomic mass is 9.72. The number of amides is 3. The zero-order valence-corrected chi connectivity index (χ0v) is 25.1. The number of alkyl halides is 3. The van der Waals surface area contributed by atoms with Gasteiger partial charge in [-0.2, -0.15) is 13.2 Å². The van der Waals surface area contributed by atoms with Crippen molar-refractivity contribution in [3.8, 4) is 0 Å². The summed E-state index contributed by atoms with van der Waals surface area (Å²) in [4.78, 5) is 55.6. The minimum Gasteiger partial charge on any atom is -0.444 e. The molecule has 5 rings (SSSR count). The summed E-state index contributed by atoms with van der Waals surface area (Å²) < 4.78 is 47.5. The molecule has 0 unspecified atom stereocenters. The molecule has 1 N–H and O–H groups in total. The lowest BCUT2D eigenvalue weighted by Gasteiger charge is -2.53. The van der Waals surface area contributed by atoms with Gasteiger partial charge in [0.05, 0.1) is 11.1 Å². The topological polar surface area (TPSA) is 101 Å². The number of carbonyl (C=O) groups excluding carboxylic acids is 3. The van der Waals surface area contributed by atoms with Crippen LogP contribution in [0.1, 0.15) is 55.1 Å². The van der Waals surface area contributed by atoms with Gasteiger partial charge in [0.2, 0.25) is 11.3 Å². The monoisotopic (exact) mass is 612 g/mol. The van der Waals surface area contributed by atoms with E-state index in [1.165, 1.54) is 4.57 Å². The number of hydrogen-bond donors (Lipinski definition) is 1. The molecular weight excluding hydrogens is 577 g/mol. The van der Waals surface area contributed by atoms with Gasteiger partial charge in [-0.05, 0) is 70.4 Å². The van der Waals surface area contributed by atoms with Crippen LogP contribution >= 0.6 is 0 Å². The van der Waals surface area contributed by atoms with Crippen LogP contribution in [0, 0.1) is 12.3 Å². The van der Waals surface area contributed by atoms with Crippen LogP contribution in [0.4, 0.5) is 23.7 Å². The average molecular weight is 613 g/mol. The third-order valence-corrected chi connectivity index (χ3v) is 8.23. The summed E-state index contributed by atoms with van der Waals surface area (Å²) in [6.45, 7) is 8.74. The number of likely N-dealkylation sites (tertiary alicyclic amines) is 2. The molecule has 3 amide bonds. The Morgan fingerprint density at radius 2 is 1.64 bits per heavy atom. The van der Waals surface area contributed by atoms with E-state index in [1.807, 2.05) is 0 Å². The van der Waals surface area contributed by atoms with Gasteiger partial charge in [0.25, 0.3) is 5.91 Å². The first kappa shape index (κ1) is 31.1. The van der Waals surface area contributed by atoms with Gasteiger partial charge < -0.3 is 24.4 Å². The molecule has 2 saturated heterocycles.